The number of urea groups is 1. The summed E-state index contributed by atoms with van der Waals surface area (Å²) in [6.07, 6.45) is 10.3. The standard InChI is InChI=1S/C26H40N2O5/c1-2-32-24(25(29)30)19-21-11-13-23(14-12-21)33-18-17-28(16-15-20-7-3-4-8-20)26(31)27-22-9-5-6-10-22/h11-14,20,22,24H,2-10,15-19H2,1H3,(H,27,31)(H,29,30). The Kier molecular flexibility index (Phi) is 10.3. The van der Waals surface area contributed by atoms with E-state index in [1.807, 2.05) is 29.2 Å². The normalized spacial score (nSPS) is 17.7. The fraction of sp³-hybridized carbons (Fsp3) is 0.692. The molecular formula is C26H40N2O5. The molecule has 2 N–H and O–H groups in total. The minimum atomic E-state index is -0.953. The van der Waals surface area contributed by atoms with Crippen LogP contribution in [0.4, 0.5) is 4.79 Å². The number of carboxylic acid groups (broad SMARTS) is 1. The molecule has 33 heavy (non-hydrogen) atoms. The van der Waals surface area contributed by atoms with Crippen molar-refractivity contribution in [3.05, 3.63) is 29.8 Å². The third kappa shape index (κ3) is 8.54. The number of aliphatic carboxylic acids is 1. The van der Waals surface area contributed by atoms with Gasteiger partial charge in [-0.05, 0) is 49.8 Å². The van der Waals surface area contributed by atoms with Gasteiger partial charge in [0.1, 0.15) is 12.4 Å². The van der Waals surface area contributed by atoms with E-state index in [0.29, 0.717) is 38.0 Å². The van der Waals surface area contributed by atoms with Gasteiger partial charge in [0.2, 0.25) is 0 Å². The molecule has 0 aliphatic heterocycles. The highest BCUT2D eigenvalue weighted by Gasteiger charge is 2.23. The van der Waals surface area contributed by atoms with E-state index in [4.69, 9.17) is 9.47 Å². The lowest BCUT2D eigenvalue weighted by atomic mass is 10.0. The van der Waals surface area contributed by atoms with Gasteiger partial charge in [-0.2, -0.15) is 0 Å². The molecule has 0 heterocycles. The molecule has 1 atom stereocenters. The topological polar surface area (TPSA) is 88.1 Å². The van der Waals surface area contributed by atoms with Gasteiger partial charge in [-0.3, -0.25) is 0 Å². The summed E-state index contributed by atoms with van der Waals surface area (Å²) in [5.41, 5.74) is 0.886. The maximum Gasteiger partial charge on any atom is 0.333 e. The SMILES string of the molecule is CCOC(Cc1ccc(OCCN(CCC2CCCC2)C(=O)NC2CCCC2)cc1)C(=O)O. The van der Waals surface area contributed by atoms with Crippen LogP contribution in [-0.2, 0) is 16.0 Å². The number of carbonyl (C=O) groups excluding carboxylic acids is 1. The molecule has 7 nitrogen and oxygen atoms in total. The third-order valence-electron chi connectivity index (χ3n) is 6.87. The molecule has 2 aliphatic rings. The molecule has 1 unspecified atom stereocenters. The summed E-state index contributed by atoms with van der Waals surface area (Å²) < 4.78 is 11.2. The first kappa shape index (κ1) is 25.3. The molecule has 2 saturated carbocycles. The summed E-state index contributed by atoms with van der Waals surface area (Å²) in [5.74, 6) is 0.506. The summed E-state index contributed by atoms with van der Waals surface area (Å²) in [6.45, 7) is 3.92. The van der Waals surface area contributed by atoms with Gasteiger partial charge < -0.3 is 24.8 Å². The molecule has 184 valence electrons. The highest BCUT2D eigenvalue weighted by atomic mass is 16.5. The van der Waals surface area contributed by atoms with Crippen LogP contribution in [0.25, 0.3) is 0 Å². The number of hydrogen-bond acceptors (Lipinski definition) is 4. The zero-order valence-electron chi connectivity index (χ0n) is 20.0. The Morgan fingerprint density at radius 2 is 1.73 bits per heavy atom. The van der Waals surface area contributed by atoms with E-state index in [2.05, 4.69) is 5.32 Å². The lowest BCUT2D eigenvalue weighted by molar-refractivity contribution is -0.149. The van der Waals surface area contributed by atoms with Crippen LogP contribution >= 0.6 is 0 Å². The lowest BCUT2D eigenvalue weighted by Gasteiger charge is -2.26. The average molecular weight is 461 g/mol. The van der Waals surface area contributed by atoms with Gasteiger partial charge in [0.25, 0.3) is 0 Å². The van der Waals surface area contributed by atoms with Gasteiger partial charge in [0.05, 0.1) is 6.54 Å². The Bertz CT molecular complexity index is 727. The van der Waals surface area contributed by atoms with Gasteiger partial charge >= 0.3 is 12.0 Å². The van der Waals surface area contributed by atoms with Gasteiger partial charge in [-0.1, -0.05) is 50.7 Å². The molecule has 7 heteroatoms. The molecule has 2 amide bonds. The van der Waals surface area contributed by atoms with E-state index >= 15 is 0 Å². The molecule has 0 spiro atoms. The number of nitrogens with one attached hydrogen (secondary N) is 1. The molecule has 1 aromatic rings. The summed E-state index contributed by atoms with van der Waals surface area (Å²) in [4.78, 5) is 26.1. The molecule has 3 rings (SSSR count). The fourth-order valence-corrected chi connectivity index (χ4v) is 4.92. The van der Waals surface area contributed by atoms with Crippen molar-refractivity contribution in [2.75, 3.05) is 26.3 Å². The maximum atomic E-state index is 12.9. The highest BCUT2D eigenvalue weighted by molar-refractivity contribution is 5.74. The van der Waals surface area contributed by atoms with Crippen LogP contribution in [0.5, 0.6) is 5.75 Å². The molecule has 0 bridgehead atoms. The number of ether oxygens (including phenoxy) is 2. The van der Waals surface area contributed by atoms with Crippen LogP contribution in [0.2, 0.25) is 0 Å². The second-order valence-corrected chi connectivity index (χ2v) is 9.34. The summed E-state index contributed by atoms with van der Waals surface area (Å²) in [6, 6.07) is 7.79. The second kappa shape index (κ2) is 13.4. The smallest absolute Gasteiger partial charge is 0.333 e. The molecule has 2 aliphatic carbocycles. The van der Waals surface area contributed by atoms with E-state index < -0.39 is 12.1 Å². The van der Waals surface area contributed by atoms with Crippen molar-refractivity contribution < 1.29 is 24.2 Å². The Morgan fingerprint density at radius 3 is 2.36 bits per heavy atom. The Hall–Kier alpha value is -2.28. The number of nitrogens with zero attached hydrogens (tertiary/aromatic N) is 1. The van der Waals surface area contributed by atoms with Crippen molar-refractivity contribution in [2.24, 2.45) is 5.92 Å². The van der Waals surface area contributed by atoms with Crippen molar-refractivity contribution in [3.63, 3.8) is 0 Å². The summed E-state index contributed by atoms with van der Waals surface area (Å²) in [5, 5.41) is 12.5. The van der Waals surface area contributed by atoms with Crippen molar-refractivity contribution in [1.82, 2.24) is 10.2 Å². The van der Waals surface area contributed by atoms with Crippen LogP contribution in [0.1, 0.15) is 70.3 Å². The van der Waals surface area contributed by atoms with Crippen LogP contribution in [0.15, 0.2) is 24.3 Å². The lowest BCUT2D eigenvalue weighted by Crippen LogP contribution is -2.46. The molecular weight excluding hydrogens is 420 g/mol. The van der Waals surface area contributed by atoms with E-state index in [-0.39, 0.29) is 6.03 Å². The van der Waals surface area contributed by atoms with E-state index in [1.54, 1.807) is 6.92 Å². The van der Waals surface area contributed by atoms with Crippen LogP contribution < -0.4 is 10.1 Å². The van der Waals surface area contributed by atoms with Crippen molar-refractivity contribution >= 4 is 12.0 Å². The number of carbonyl (C=O) groups is 2. The average Bonchev–Trinajstić information content (AvgIpc) is 3.51. The molecule has 0 aromatic heterocycles. The number of hydrogen-bond donors (Lipinski definition) is 2. The maximum absolute atomic E-state index is 12.9. The van der Waals surface area contributed by atoms with Gasteiger partial charge in [-0.25, -0.2) is 9.59 Å². The minimum Gasteiger partial charge on any atom is -0.492 e. The second-order valence-electron chi connectivity index (χ2n) is 9.34. The number of carboxylic acids is 1. The molecule has 1 aromatic carbocycles. The summed E-state index contributed by atoms with van der Waals surface area (Å²) >= 11 is 0. The van der Waals surface area contributed by atoms with Gasteiger partial charge in [0.15, 0.2) is 6.10 Å². The molecule has 0 saturated heterocycles. The monoisotopic (exact) mass is 460 g/mol. The number of amides is 2. The number of benzene rings is 1. The van der Waals surface area contributed by atoms with E-state index in [1.165, 1.54) is 38.5 Å². The first-order chi connectivity index (χ1) is 16.0. The molecule has 0 radical (unpaired) electrons. The third-order valence-corrected chi connectivity index (χ3v) is 6.87. The Labute approximate surface area is 197 Å². The Morgan fingerprint density at radius 1 is 1.06 bits per heavy atom. The predicted molar refractivity (Wildman–Crippen MR) is 128 cm³/mol. The van der Waals surface area contributed by atoms with Crippen LogP contribution in [-0.4, -0.2) is 60.5 Å². The molecule has 2 fully saturated rings. The quantitative estimate of drug-likeness (QED) is 0.448. The van der Waals surface area contributed by atoms with E-state index in [9.17, 15) is 14.7 Å². The van der Waals surface area contributed by atoms with Crippen LogP contribution in [0, 0.1) is 5.92 Å². The van der Waals surface area contributed by atoms with Gasteiger partial charge in [0, 0.05) is 25.6 Å². The van der Waals surface area contributed by atoms with E-state index in [0.717, 1.165) is 37.3 Å². The van der Waals surface area contributed by atoms with Crippen molar-refractivity contribution in [2.45, 2.75) is 83.3 Å². The van der Waals surface area contributed by atoms with Crippen LogP contribution in [0.3, 0.4) is 0 Å². The van der Waals surface area contributed by atoms with Crippen molar-refractivity contribution in [3.8, 4) is 5.75 Å². The zero-order chi connectivity index (χ0) is 23.5. The largest absolute Gasteiger partial charge is 0.492 e. The van der Waals surface area contributed by atoms with Crippen molar-refractivity contribution in [1.29, 1.82) is 0 Å². The summed E-state index contributed by atoms with van der Waals surface area (Å²) in [7, 11) is 0. The van der Waals surface area contributed by atoms with Gasteiger partial charge in [-0.15, -0.1) is 0 Å². The fourth-order valence-electron chi connectivity index (χ4n) is 4.92. The first-order valence-corrected chi connectivity index (χ1v) is 12.7. The predicted octanol–water partition coefficient (Wildman–Crippen LogP) is 4.63. The highest BCUT2D eigenvalue weighted by Crippen LogP contribution is 2.27. The number of rotatable bonds is 13. The zero-order valence-corrected chi connectivity index (χ0v) is 20.0. The Balaban J connectivity index is 1.48. The minimum absolute atomic E-state index is 0.0366. The first-order valence-electron chi connectivity index (χ1n) is 12.7.